The lowest BCUT2D eigenvalue weighted by Gasteiger charge is -2.05. The molecule has 0 unspecified atom stereocenters. The van der Waals surface area contributed by atoms with Crippen LogP contribution in [0.15, 0.2) is 50.3 Å². The number of hydrogen-bond donors (Lipinski definition) is 0. The summed E-state index contributed by atoms with van der Waals surface area (Å²) in [6.45, 7) is 0. The van der Waals surface area contributed by atoms with Crippen LogP contribution >= 0.6 is 0 Å². The van der Waals surface area contributed by atoms with Gasteiger partial charge in [-0.25, -0.2) is 4.79 Å². The normalized spacial score (nSPS) is 11.0. The molecular weight excluding hydrogens is 294 g/mol. The molecule has 0 fully saturated rings. The summed E-state index contributed by atoms with van der Waals surface area (Å²) in [5.74, 6) is 0.00580. The van der Waals surface area contributed by atoms with Crippen LogP contribution in [-0.4, -0.2) is 24.2 Å². The zero-order chi connectivity index (χ0) is 16.4. The van der Waals surface area contributed by atoms with Crippen molar-refractivity contribution in [3.63, 3.8) is 0 Å². The molecule has 0 saturated carbocycles. The molecule has 0 saturated heterocycles. The van der Waals surface area contributed by atoms with Gasteiger partial charge in [0.05, 0.1) is 5.39 Å². The standard InChI is InChI=1S/C17H13N3O3/c1-20(2)9-8-12-13(10-18)16(21)22-17-14(12)15(19-23-17)11-6-4-3-5-7-11/h3-9H,1-2H3. The Morgan fingerprint density at radius 3 is 2.65 bits per heavy atom. The highest BCUT2D eigenvalue weighted by atomic mass is 16.6. The van der Waals surface area contributed by atoms with Crippen LogP contribution in [0.2, 0.25) is 0 Å². The largest absolute Gasteiger partial charge is 0.386 e. The molecule has 2 aromatic heterocycles. The predicted molar refractivity (Wildman–Crippen MR) is 85.4 cm³/mol. The van der Waals surface area contributed by atoms with Gasteiger partial charge in [0, 0.05) is 25.2 Å². The van der Waals surface area contributed by atoms with Crippen LogP contribution in [0.5, 0.6) is 0 Å². The van der Waals surface area contributed by atoms with Gasteiger partial charge in [-0.3, -0.25) is 0 Å². The number of nitriles is 1. The Bertz CT molecular complexity index is 976. The molecule has 0 atom stereocenters. The molecule has 0 aliphatic heterocycles. The first kappa shape index (κ1) is 14.6. The maximum absolute atomic E-state index is 12.0. The molecule has 3 rings (SSSR count). The summed E-state index contributed by atoms with van der Waals surface area (Å²) < 4.78 is 10.2. The smallest absolute Gasteiger partial charge is 0.357 e. The third-order valence-corrected chi connectivity index (χ3v) is 3.29. The molecular formula is C17H13N3O3. The predicted octanol–water partition coefficient (Wildman–Crippen LogP) is 2.85. The molecule has 0 N–H and O–H groups in total. The fraction of sp³-hybridized carbons (Fsp3) is 0.118. The molecule has 3 aromatic rings. The minimum Gasteiger partial charge on any atom is -0.386 e. The summed E-state index contributed by atoms with van der Waals surface area (Å²) in [4.78, 5) is 13.8. The lowest BCUT2D eigenvalue weighted by molar-refractivity contribution is 0.376. The fourth-order valence-electron chi connectivity index (χ4n) is 2.24. The van der Waals surface area contributed by atoms with E-state index in [9.17, 15) is 10.1 Å². The van der Waals surface area contributed by atoms with Crippen molar-refractivity contribution < 1.29 is 8.94 Å². The van der Waals surface area contributed by atoms with Crippen molar-refractivity contribution in [3.8, 4) is 17.3 Å². The first-order chi connectivity index (χ1) is 11.1. The van der Waals surface area contributed by atoms with E-state index in [0.29, 0.717) is 16.6 Å². The van der Waals surface area contributed by atoms with E-state index >= 15 is 0 Å². The third-order valence-electron chi connectivity index (χ3n) is 3.29. The fourth-order valence-corrected chi connectivity index (χ4v) is 2.24. The Morgan fingerprint density at radius 2 is 2.00 bits per heavy atom. The first-order valence-electron chi connectivity index (χ1n) is 6.88. The van der Waals surface area contributed by atoms with Gasteiger partial charge in [-0.2, -0.15) is 5.26 Å². The summed E-state index contributed by atoms with van der Waals surface area (Å²) >= 11 is 0. The molecule has 0 bridgehead atoms. The van der Waals surface area contributed by atoms with Crippen molar-refractivity contribution in [1.29, 1.82) is 5.26 Å². The highest BCUT2D eigenvalue weighted by Gasteiger charge is 2.21. The highest BCUT2D eigenvalue weighted by molar-refractivity contribution is 5.96. The van der Waals surface area contributed by atoms with E-state index in [1.165, 1.54) is 0 Å². The number of benzene rings is 1. The zero-order valence-electron chi connectivity index (χ0n) is 12.6. The number of aromatic nitrogens is 1. The van der Waals surface area contributed by atoms with Crippen molar-refractivity contribution in [2.75, 3.05) is 14.1 Å². The lowest BCUT2D eigenvalue weighted by atomic mass is 10.0. The van der Waals surface area contributed by atoms with Gasteiger partial charge in [-0.05, 0) is 12.3 Å². The van der Waals surface area contributed by atoms with Crippen molar-refractivity contribution in [1.82, 2.24) is 10.1 Å². The van der Waals surface area contributed by atoms with Crippen LogP contribution in [0, 0.1) is 11.3 Å². The van der Waals surface area contributed by atoms with Gasteiger partial charge in [-0.15, -0.1) is 0 Å². The van der Waals surface area contributed by atoms with E-state index in [0.717, 1.165) is 5.56 Å². The number of hydrogen-bond acceptors (Lipinski definition) is 6. The third kappa shape index (κ3) is 2.60. The SMILES string of the molecule is CN(C)C=Cc1c(C#N)c(=O)oc2onc(-c3ccccc3)c12. The van der Waals surface area contributed by atoms with Crippen LogP contribution in [-0.2, 0) is 0 Å². The molecule has 0 radical (unpaired) electrons. The van der Waals surface area contributed by atoms with E-state index < -0.39 is 5.63 Å². The Morgan fingerprint density at radius 1 is 1.26 bits per heavy atom. The monoisotopic (exact) mass is 307 g/mol. The molecule has 2 heterocycles. The lowest BCUT2D eigenvalue weighted by Crippen LogP contribution is -2.07. The average molecular weight is 307 g/mol. The van der Waals surface area contributed by atoms with Crippen molar-refractivity contribution in [2.45, 2.75) is 0 Å². The molecule has 114 valence electrons. The minimum atomic E-state index is -0.742. The van der Waals surface area contributed by atoms with Gasteiger partial charge in [0.25, 0.3) is 0 Å². The Balaban J connectivity index is 2.38. The maximum Gasteiger partial charge on any atom is 0.357 e. The Hall–Kier alpha value is -3.33. The molecule has 0 amide bonds. The van der Waals surface area contributed by atoms with Gasteiger partial charge in [0.1, 0.15) is 17.3 Å². The topological polar surface area (TPSA) is 83.3 Å². The second kappa shape index (κ2) is 5.81. The minimum absolute atomic E-state index is 0.00580. The van der Waals surface area contributed by atoms with Gasteiger partial charge >= 0.3 is 11.4 Å². The molecule has 1 aromatic carbocycles. The van der Waals surface area contributed by atoms with Crippen LogP contribution in [0.3, 0.4) is 0 Å². The van der Waals surface area contributed by atoms with Crippen LogP contribution in [0.1, 0.15) is 11.1 Å². The van der Waals surface area contributed by atoms with Gasteiger partial charge in [0.2, 0.25) is 0 Å². The summed E-state index contributed by atoms with van der Waals surface area (Å²) in [7, 11) is 3.69. The molecule has 6 heteroatoms. The quantitative estimate of drug-likeness (QED) is 0.740. The number of nitrogens with zero attached hydrogens (tertiary/aromatic N) is 3. The van der Waals surface area contributed by atoms with Crippen molar-refractivity contribution in [2.24, 2.45) is 0 Å². The zero-order valence-corrected chi connectivity index (χ0v) is 12.6. The average Bonchev–Trinajstić information content (AvgIpc) is 2.96. The van der Waals surface area contributed by atoms with E-state index in [-0.39, 0.29) is 11.3 Å². The summed E-state index contributed by atoms with van der Waals surface area (Å²) in [5, 5.41) is 13.8. The molecule has 0 aliphatic rings. The second-order valence-corrected chi connectivity index (χ2v) is 5.13. The molecule has 0 aliphatic carbocycles. The molecule has 0 spiro atoms. The van der Waals surface area contributed by atoms with Crippen LogP contribution in [0.25, 0.3) is 28.5 Å². The van der Waals surface area contributed by atoms with Gasteiger partial charge < -0.3 is 13.8 Å². The summed E-state index contributed by atoms with van der Waals surface area (Å²) in [6.07, 6.45) is 3.43. The summed E-state index contributed by atoms with van der Waals surface area (Å²) in [6, 6.07) is 11.3. The number of rotatable bonds is 3. The number of fused-ring (bicyclic) bond motifs is 1. The van der Waals surface area contributed by atoms with E-state index in [1.54, 1.807) is 17.2 Å². The van der Waals surface area contributed by atoms with Gasteiger partial charge in [-0.1, -0.05) is 35.5 Å². The molecule has 23 heavy (non-hydrogen) atoms. The first-order valence-corrected chi connectivity index (χ1v) is 6.88. The summed E-state index contributed by atoms with van der Waals surface area (Å²) in [5.41, 5.74) is 0.959. The van der Waals surface area contributed by atoms with Crippen molar-refractivity contribution >= 4 is 17.2 Å². The maximum atomic E-state index is 12.0. The highest BCUT2D eigenvalue weighted by Crippen LogP contribution is 2.31. The molecule has 6 nitrogen and oxygen atoms in total. The van der Waals surface area contributed by atoms with Crippen LogP contribution < -0.4 is 5.63 Å². The Kier molecular flexibility index (Phi) is 3.69. The van der Waals surface area contributed by atoms with Crippen molar-refractivity contribution in [3.05, 3.63) is 58.1 Å². The van der Waals surface area contributed by atoms with E-state index in [4.69, 9.17) is 8.94 Å². The van der Waals surface area contributed by atoms with E-state index in [1.807, 2.05) is 50.5 Å². The second-order valence-electron chi connectivity index (χ2n) is 5.13. The van der Waals surface area contributed by atoms with Gasteiger partial charge in [0.15, 0.2) is 0 Å². The van der Waals surface area contributed by atoms with Crippen LogP contribution in [0.4, 0.5) is 0 Å². The Labute approximate surface area is 131 Å². The van der Waals surface area contributed by atoms with E-state index in [2.05, 4.69) is 5.16 Å².